The van der Waals surface area contributed by atoms with Gasteiger partial charge in [-0.15, -0.1) is 22.0 Å². The Hall–Kier alpha value is -1.14. The molecule has 2 aromatic rings. The van der Waals surface area contributed by atoms with Crippen LogP contribution in [0, 0.1) is 5.82 Å². The first kappa shape index (κ1) is 11.0. The van der Waals surface area contributed by atoms with Crippen LogP contribution in [0.5, 0.6) is 0 Å². The number of rotatable bonds is 1. The van der Waals surface area contributed by atoms with Crippen molar-refractivity contribution in [3.05, 3.63) is 22.5 Å². The second-order valence-corrected chi connectivity index (χ2v) is 5.21. The predicted octanol–water partition coefficient (Wildman–Crippen LogP) is 2.70. The zero-order valence-corrected chi connectivity index (χ0v) is 10.3. The lowest BCUT2D eigenvalue weighted by Crippen LogP contribution is -2.03. The van der Waals surface area contributed by atoms with E-state index < -0.39 is 5.82 Å². The molecular formula is C10H8ClFN4S. The number of nitrogens with zero attached hydrogens (tertiary/aromatic N) is 3. The predicted molar refractivity (Wildman–Crippen MR) is 63.6 cm³/mol. The zero-order chi connectivity index (χ0) is 11.8. The van der Waals surface area contributed by atoms with Gasteiger partial charge in [-0.2, -0.15) is 5.21 Å². The van der Waals surface area contributed by atoms with Gasteiger partial charge in [0.25, 0.3) is 0 Å². The summed E-state index contributed by atoms with van der Waals surface area (Å²) in [5, 5.41) is 13.7. The lowest BCUT2D eigenvalue weighted by atomic mass is 10.0. The zero-order valence-electron chi connectivity index (χ0n) is 8.70. The molecule has 1 aromatic carbocycles. The molecule has 0 amide bonds. The smallest absolute Gasteiger partial charge is 0.205 e. The fraction of sp³-hybridized carbons (Fsp3) is 0.300. The third-order valence-electron chi connectivity index (χ3n) is 2.65. The third kappa shape index (κ3) is 1.81. The molecule has 0 unspecified atom stereocenters. The Bertz CT molecular complexity index is 558. The van der Waals surface area contributed by atoms with Crippen molar-refractivity contribution in [3.63, 3.8) is 0 Å². The molecule has 7 heteroatoms. The van der Waals surface area contributed by atoms with E-state index in [1.165, 1.54) is 6.07 Å². The number of benzene rings is 1. The average Bonchev–Trinajstić information content (AvgIpc) is 2.84. The van der Waals surface area contributed by atoms with Crippen LogP contribution >= 0.6 is 23.4 Å². The fourth-order valence-electron chi connectivity index (χ4n) is 1.92. The monoisotopic (exact) mass is 270 g/mol. The van der Waals surface area contributed by atoms with Crippen molar-refractivity contribution in [2.75, 3.05) is 5.75 Å². The van der Waals surface area contributed by atoms with Crippen molar-refractivity contribution in [2.24, 2.45) is 0 Å². The van der Waals surface area contributed by atoms with Crippen molar-refractivity contribution in [2.45, 2.75) is 17.7 Å². The lowest BCUT2D eigenvalue weighted by Gasteiger charge is -2.18. The van der Waals surface area contributed by atoms with E-state index in [4.69, 9.17) is 11.6 Å². The molecule has 1 aliphatic rings. The van der Waals surface area contributed by atoms with Crippen LogP contribution < -0.4 is 0 Å². The number of halogens is 2. The van der Waals surface area contributed by atoms with Crippen molar-refractivity contribution in [1.82, 2.24) is 20.6 Å². The van der Waals surface area contributed by atoms with Crippen molar-refractivity contribution in [3.8, 4) is 11.4 Å². The number of nitrogens with one attached hydrogen (secondary N) is 1. The van der Waals surface area contributed by atoms with E-state index in [1.807, 2.05) is 0 Å². The molecule has 0 atom stereocenters. The number of aromatic nitrogens is 4. The van der Waals surface area contributed by atoms with E-state index >= 15 is 0 Å². The molecule has 1 N–H and O–H groups in total. The van der Waals surface area contributed by atoms with Gasteiger partial charge in [-0.1, -0.05) is 11.6 Å². The number of thioether (sulfide) groups is 1. The van der Waals surface area contributed by atoms with E-state index in [-0.39, 0.29) is 5.02 Å². The van der Waals surface area contributed by atoms with Gasteiger partial charge in [0.2, 0.25) is 5.82 Å². The Morgan fingerprint density at radius 1 is 1.47 bits per heavy atom. The highest BCUT2D eigenvalue weighted by Crippen LogP contribution is 2.42. The number of H-pyrrole nitrogens is 1. The second kappa shape index (κ2) is 4.27. The van der Waals surface area contributed by atoms with Gasteiger partial charge in [-0.05, 0) is 35.4 Å². The largest absolute Gasteiger partial charge is 0.207 e. The van der Waals surface area contributed by atoms with E-state index in [9.17, 15) is 4.39 Å². The molecule has 1 aromatic heterocycles. The van der Waals surface area contributed by atoms with E-state index in [2.05, 4.69) is 20.6 Å². The summed E-state index contributed by atoms with van der Waals surface area (Å²) in [5.41, 5.74) is 1.53. The number of fused-ring (bicyclic) bond motifs is 1. The van der Waals surface area contributed by atoms with Crippen LogP contribution in [0.25, 0.3) is 11.4 Å². The molecular weight excluding hydrogens is 263 g/mol. The minimum Gasteiger partial charge on any atom is -0.205 e. The van der Waals surface area contributed by atoms with Crippen LogP contribution in [-0.2, 0) is 6.42 Å². The second-order valence-electron chi connectivity index (χ2n) is 3.72. The summed E-state index contributed by atoms with van der Waals surface area (Å²) in [4.78, 5) is 0.976. The molecule has 1 aliphatic heterocycles. The van der Waals surface area contributed by atoms with Crippen LogP contribution in [-0.4, -0.2) is 26.4 Å². The molecule has 88 valence electrons. The Morgan fingerprint density at radius 2 is 2.35 bits per heavy atom. The normalized spacial score (nSPS) is 14.7. The van der Waals surface area contributed by atoms with Gasteiger partial charge in [-0.3, -0.25) is 0 Å². The Balaban J connectivity index is 2.28. The molecule has 4 nitrogen and oxygen atoms in total. The summed E-state index contributed by atoms with van der Waals surface area (Å²) in [6.07, 6.45) is 1.91. The summed E-state index contributed by atoms with van der Waals surface area (Å²) in [6, 6.07) is 1.51. The molecule has 17 heavy (non-hydrogen) atoms. The SMILES string of the molecule is Fc1cc2c(c(-c3nn[nH]n3)c1Cl)SCCC2. The molecule has 0 radical (unpaired) electrons. The van der Waals surface area contributed by atoms with Crippen LogP contribution in [0.2, 0.25) is 5.02 Å². The molecule has 0 fully saturated rings. The van der Waals surface area contributed by atoms with Gasteiger partial charge in [0, 0.05) is 4.90 Å². The highest BCUT2D eigenvalue weighted by molar-refractivity contribution is 7.99. The first-order chi connectivity index (χ1) is 8.27. The Morgan fingerprint density at radius 3 is 3.12 bits per heavy atom. The number of aryl methyl sites for hydroxylation is 1. The maximum atomic E-state index is 13.7. The molecule has 0 saturated carbocycles. The van der Waals surface area contributed by atoms with Gasteiger partial charge in [0.15, 0.2) is 0 Å². The number of tetrazole rings is 1. The first-order valence-electron chi connectivity index (χ1n) is 5.15. The number of hydrogen-bond acceptors (Lipinski definition) is 4. The maximum absolute atomic E-state index is 13.7. The summed E-state index contributed by atoms with van der Waals surface area (Å²) in [5.74, 6) is 0.924. The summed E-state index contributed by atoms with van der Waals surface area (Å²) in [6.45, 7) is 0. The van der Waals surface area contributed by atoms with Gasteiger partial charge < -0.3 is 0 Å². The standard InChI is InChI=1S/C10H8ClFN4S/c11-8-6(12)4-5-2-1-3-17-9(5)7(8)10-13-15-16-14-10/h4H,1-3H2,(H,13,14,15,16). The number of aromatic amines is 1. The Kier molecular flexibility index (Phi) is 2.76. The molecule has 0 aliphatic carbocycles. The number of hydrogen-bond donors (Lipinski definition) is 1. The quantitative estimate of drug-likeness (QED) is 0.866. The average molecular weight is 271 g/mol. The van der Waals surface area contributed by atoms with Crippen LogP contribution in [0.15, 0.2) is 11.0 Å². The van der Waals surface area contributed by atoms with Crippen molar-refractivity contribution in [1.29, 1.82) is 0 Å². The highest BCUT2D eigenvalue weighted by Gasteiger charge is 2.23. The molecule has 0 saturated heterocycles. The van der Waals surface area contributed by atoms with E-state index in [0.29, 0.717) is 11.4 Å². The molecule has 0 spiro atoms. The van der Waals surface area contributed by atoms with Crippen LogP contribution in [0.4, 0.5) is 4.39 Å². The van der Waals surface area contributed by atoms with Gasteiger partial charge in [-0.25, -0.2) is 4.39 Å². The molecule has 2 heterocycles. The topological polar surface area (TPSA) is 54.5 Å². The van der Waals surface area contributed by atoms with Crippen LogP contribution in [0.1, 0.15) is 12.0 Å². The first-order valence-corrected chi connectivity index (χ1v) is 6.51. The van der Waals surface area contributed by atoms with E-state index in [1.54, 1.807) is 11.8 Å². The minimum atomic E-state index is -0.423. The van der Waals surface area contributed by atoms with Crippen LogP contribution in [0.3, 0.4) is 0 Å². The fourth-order valence-corrected chi connectivity index (χ4v) is 3.38. The molecule has 0 bridgehead atoms. The third-order valence-corrected chi connectivity index (χ3v) is 4.27. The van der Waals surface area contributed by atoms with Gasteiger partial charge >= 0.3 is 0 Å². The maximum Gasteiger partial charge on any atom is 0.207 e. The molecule has 3 rings (SSSR count). The minimum absolute atomic E-state index is 0.0690. The van der Waals surface area contributed by atoms with Gasteiger partial charge in [0.1, 0.15) is 5.82 Å². The van der Waals surface area contributed by atoms with Gasteiger partial charge in [0.05, 0.1) is 10.6 Å². The van der Waals surface area contributed by atoms with Crippen molar-refractivity contribution < 1.29 is 4.39 Å². The van der Waals surface area contributed by atoms with E-state index in [0.717, 1.165) is 29.1 Å². The summed E-state index contributed by atoms with van der Waals surface area (Å²) >= 11 is 7.68. The highest BCUT2D eigenvalue weighted by atomic mass is 35.5. The Labute approximate surface area is 106 Å². The van der Waals surface area contributed by atoms with Crippen molar-refractivity contribution >= 4 is 23.4 Å². The summed E-state index contributed by atoms with van der Waals surface area (Å²) in [7, 11) is 0. The lowest BCUT2D eigenvalue weighted by molar-refractivity contribution is 0.623. The summed E-state index contributed by atoms with van der Waals surface area (Å²) < 4.78 is 13.7.